The zero-order chi connectivity index (χ0) is 19.8. The SMILES string of the molecule is CC(C)(c1ccccc1)c1ccc(OCC(=O)NN=Cc2ccccc2)cc1. The first-order valence-electron chi connectivity index (χ1n) is 9.21. The number of ether oxygens (including phenoxy) is 1. The van der Waals surface area contributed by atoms with Crippen molar-refractivity contribution in [1.29, 1.82) is 0 Å². The lowest BCUT2D eigenvalue weighted by Crippen LogP contribution is -2.24. The third-order valence-corrected chi connectivity index (χ3v) is 4.64. The third-order valence-electron chi connectivity index (χ3n) is 4.64. The predicted octanol–water partition coefficient (Wildman–Crippen LogP) is 4.54. The van der Waals surface area contributed by atoms with Crippen LogP contribution in [0.4, 0.5) is 0 Å². The van der Waals surface area contributed by atoms with Crippen molar-refractivity contribution in [3.63, 3.8) is 0 Å². The largest absolute Gasteiger partial charge is 0.484 e. The molecule has 0 unspecified atom stereocenters. The fraction of sp³-hybridized carbons (Fsp3) is 0.167. The topological polar surface area (TPSA) is 50.7 Å². The molecule has 4 heteroatoms. The molecule has 0 aliphatic heterocycles. The van der Waals surface area contributed by atoms with Gasteiger partial charge in [-0.1, -0.05) is 86.6 Å². The Morgan fingerprint density at radius 2 is 1.46 bits per heavy atom. The molecule has 3 aromatic rings. The summed E-state index contributed by atoms with van der Waals surface area (Å²) in [6, 6.07) is 27.8. The first-order chi connectivity index (χ1) is 13.6. The van der Waals surface area contributed by atoms with Gasteiger partial charge in [-0.05, 0) is 28.8 Å². The van der Waals surface area contributed by atoms with E-state index in [2.05, 4.69) is 36.5 Å². The van der Waals surface area contributed by atoms with E-state index in [9.17, 15) is 4.79 Å². The lowest BCUT2D eigenvalue weighted by Gasteiger charge is -2.26. The molecule has 4 nitrogen and oxygen atoms in total. The molecular weight excluding hydrogens is 348 g/mol. The minimum absolute atomic E-state index is 0.0897. The smallest absolute Gasteiger partial charge is 0.277 e. The highest BCUT2D eigenvalue weighted by Crippen LogP contribution is 2.32. The Morgan fingerprint density at radius 3 is 2.11 bits per heavy atom. The van der Waals surface area contributed by atoms with Crippen LogP contribution in [0.2, 0.25) is 0 Å². The molecular formula is C24H24N2O2. The molecule has 0 aliphatic carbocycles. The number of nitrogens with zero attached hydrogens (tertiary/aromatic N) is 1. The maximum atomic E-state index is 11.9. The van der Waals surface area contributed by atoms with E-state index < -0.39 is 0 Å². The number of nitrogens with one attached hydrogen (secondary N) is 1. The zero-order valence-corrected chi connectivity index (χ0v) is 16.1. The Kier molecular flexibility index (Phi) is 6.22. The monoisotopic (exact) mass is 372 g/mol. The maximum Gasteiger partial charge on any atom is 0.277 e. The van der Waals surface area contributed by atoms with E-state index in [0.29, 0.717) is 5.75 Å². The molecule has 0 fully saturated rings. The van der Waals surface area contributed by atoms with Gasteiger partial charge in [-0.3, -0.25) is 4.79 Å². The zero-order valence-electron chi connectivity index (χ0n) is 16.1. The summed E-state index contributed by atoms with van der Waals surface area (Å²) in [4.78, 5) is 11.9. The van der Waals surface area contributed by atoms with Crippen molar-refractivity contribution in [3.8, 4) is 5.75 Å². The standard InChI is InChI=1S/C24H24N2O2/c1-24(2,20-11-7-4-8-12-20)21-13-15-22(16-14-21)28-18-23(27)26-25-17-19-9-5-3-6-10-19/h3-17H,18H2,1-2H3,(H,26,27). The minimum Gasteiger partial charge on any atom is -0.484 e. The van der Waals surface area contributed by atoms with E-state index in [0.717, 1.165) is 5.56 Å². The van der Waals surface area contributed by atoms with E-state index in [1.807, 2.05) is 72.8 Å². The molecule has 1 N–H and O–H groups in total. The van der Waals surface area contributed by atoms with E-state index in [-0.39, 0.29) is 17.9 Å². The molecule has 0 saturated carbocycles. The molecule has 0 bridgehead atoms. The Morgan fingerprint density at radius 1 is 0.893 bits per heavy atom. The van der Waals surface area contributed by atoms with Crippen LogP contribution in [0, 0.1) is 0 Å². The van der Waals surface area contributed by atoms with Crippen LogP contribution in [0.3, 0.4) is 0 Å². The summed E-state index contributed by atoms with van der Waals surface area (Å²) >= 11 is 0. The second-order valence-corrected chi connectivity index (χ2v) is 7.01. The van der Waals surface area contributed by atoms with Crippen LogP contribution in [-0.4, -0.2) is 18.7 Å². The number of carbonyl (C=O) groups excluding carboxylic acids is 1. The summed E-state index contributed by atoms with van der Waals surface area (Å²) in [5, 5.41) is 3.93. The quantitative estimate of drug-likeness (QED) is 0.489. The Labute approximate surface area is 165 Å². The molecule has 3 rings (SSSR count). The van der Waals surface area contributed by atoms with Crippen LogP contribution in [0.25, 0.3) is 0 Å². The molecule has 0 saturated heterocycles. The molecule has 0 aromatic heterocycles. The summed E-state index contributed by atoms with van der Waals surface area (Å²) in [5.74, 6) is 0.343. The Hall–Kier alpha value is -3.40. The van der Waals surface area contributed by atoms with Gasteiger partial charge in [-0.25, -0.2) is 5.43 Å². The van der Waals surface area contributed by atoms with Crippen molar-refractivity contribution in [2.24, 2.45) is 5.10 Å². The van der Waals surface area contributed by atoms with Gasteiger partial charge in [0, 0.05) is 5.41 Å². The highest BCUT2D eigenvalue weighted by atomic mass is 16.5. The fourth-order valence-corrected chi connectivity index (χ4v) is 2.89. The fourth-order valence-electron chi connectivity index (χ4n) is 2.89. The van der Waals surface area contributed by atoms with Crippen molar-refractivity contribution in [2.75, 3.05) is 6.61 Å². The van der Waals surface area contributed by atoms with Crippen molar-refractivity contribution in [1.82, 2.24) is 5.43 Å². The minimum atomic E-state index is -0.305. The number of benzene rings is 3. The third kappa shape index (κ3) is 5.07. The number of hydrazone groups is 1. The van der Waals surface area contributed by atoms with Crippen LogP contribution in [0.1, 0.15) is 30.5 Å². The van der Waals surface area contributed by atoms with E-state index in [1.54, 1.807) is 6.21 Å². The van der Waals surface area contributed by atoms with Gasteiger partial charge in [0.25, 0.3) is 5.91 Å². The van der Waals surface area contributed by atoms with Gasteiger partial charge in [0.05, 0.1) is 6.21 Å². The van der Waals surface area contributed by atoms with Crippen LogP contribution in [-0.2, 0) is 10.2 Å². The lowest BCUT2D eigenvalue weighted by molar-refractivity contribution is -0.123. The molecule has 3 aromatic carbocycles. The number of rotatable bonds is 7. The number of hydrogen-bond acceptors (Lipinski definition) is 3. The second-order valence-electron chi connectivity index (χ2n) is 7.01. The average Bonchev–Trinajstić information content (AvgIpc) is 2.74. The maximum absolute atomic E-state index is 11.9. The van der Waals surface area contributed by atoms with Gasteiger partial charge in [0.1, 0.15) is 5.75 Å². The molecule has 1 amide bonds. The molecule has 142 valence electrons. The summed E-state index contributed by atoms with van der Waals surface area (Å²) in [6.07, 6.45) is 1.60. The highest BCUT2D eigenvalue weighted by Gasteiger charge is 2.22. The van der Waals surface area contributed by atoms with Crippen LogP contribution in [0.5, 0.6) is 5.75 Å². The Bertz CT molecular complexity index is 918. The van der Waals surface area contributed by atoms with Crippen molar-refractivity contribution < 1.29 is 9.53 Å². The number of amides is 1. The summed E-state index contributed by atoms with van der Waals surface area (Å²) in [5.41, 5.74) is 5.71. The van der Waals surface area contributed by atoms with Gasteiger partial charge in [-0.15, -0.1) is 0 Å². The highest BCUT2D eigenvalue weighted by molar-refractivity contribution is 5.82. The van der Waals surface area contributed by atoms with Crippen molar-refractivity contribution in [2.45, 2.75) is 19.3 Å². The Balaban J connectivity index is 1.53. The van der Waals surface area contributed by atoms with Crippen LogP contribution >= 0.6 is 0 Å². The summed E-state index contributed by atoms with van der Waals surface area (Å²) < 4.78 is 5.56. The van der Waals surface area contributed by atoms with Crippen molar-refractivity contribution in [3.05, 3.63) is 102 Å². The number of hydrogen-bond donors (Lipinski definition) is 1. The van der Waals surface area contributed by atoms with E-state index >= 15 is 0 Å². The first-order valence-corrected chi connectivity index (χ1v) is 9.21. The molecule has 0 atom stereocenters. The molecule has 0 heterocycles. The molecule has 0 spiro atoms. The van der Waals surface area contributed by atoms with Gasteiger partial charge < -0.3 is 4.74 Å². The molecule has 0 aliphatic rings. The van der Waals surface area contributed by atoms with E-state index in [1.165, 1.54) is 11.1 Å². The normalized spacial score (nSPS) is 11.4. The average molecular weight is 372 g/mol. The summed E-state index contributed by atoms with van der Waals surface area (Å²) in [6.45, 7) is 4.29. The van der Waals surface area contributed by atoms with Gasteiger partial charge in [-0.2, -0.15) is 5.10 Å². The van der Waals surface area contributed by atoms with Crippen LogP contribution < -0.4 is 10.2 Å². The molecule has 0 radical (unpaired) electrons. The second kappa shape index (κ2) is 9.00. The van der Waals surface area contributed by atoms with Crippen LogP contribution in [0.15, 0.2) is 90.0 Å². The molecule has 28 heavy (non-hydrogen) atoms. The lowest BCUT2D eigenvalue weighted by atomic mass is 9.78. The van der Waals surface area contributed by atoms with Gasteiger partial charge in [0.2, 0.25) is 0 Å². The van der Waals surface area contributed by atoms with Gasteiger partial charge in [0.15, 0.2) is 6.61 Å². The predicted molar refractivity (Wildman–Crippen MR) is 113 cm³/mol. The number of carbonyl (C=O) groups is 1. The first kappa shape index (κ1) is 19.4. The van der Waals surface area contributed by atoms with Crippen molar-refractivity contribution >= 4 is 12.1 Å². The van der Waals surface area contributed by atoms with Gasteiger partial charge >= 0.3 is 0 Å². The summed E-state index contributed by atoms with van der Waals surface area (Å²) in [7, 11) is 0. The van der Waals surface area contributed by atoms with E-state index in [4.69, 9.17) is 4.74 Å².